The summed E-state index contributed by atoms with van der Waals surface area (Å²) in [5.74, 6) is 0.537. The number of nitrogens with one attached hydrogen (secondary N) is 2. The standard InChI is InChI=1S/C20H23N7O2S/c21-2-4-24-19(28)15-9-14(11-22-12-15)17-13-25-20(30-17)26-18-10-16(1-3-23-18)27-5-7-29-8-6-27/h1,3,9-13H,2,4-8,21H2,(H,24,28)(H,23,25,26). The lowest BCUT2D eigenvalue weighted by Gasteiger charge is -2.28. The third-order valence-electron chi connectivity index (χ3n) is 4.58. The molecule has 0 unspecified atom stereocenters. The van der Waals surface area contributed by atoms with E-state index < -0.39 is 0 Å². The van der Waals surface area contributed by atoms with Gasteiger partial charge in [0.15, 0.2) is 5.13 Å². The quantitative estimate of drug-likeness (QED) is 0.525. The lowest BCUT2D eigenvalue weighted by Crippen LogP contribution is -2.36. The first kappa shape index (κ1) is 20.2. The molecule has 0 spiro atoms. The number of rotatable bonds is 7. The van der Waals surface area contributed by atoms with E-state index in [2.05, 4.69) is 30.5 Å². The SMILES string of the molecule is NCCNC(=O)c1cncc(-c2cnc(Nc3cc(N4CCOCC4)ccn3)s2)c1. The molecule has 4 rings (SSSR count). The molecule has 156 valence electrons. The van der Waals surface area contributed by atoms with E-state index in [9.17, 15) is 4.79 Å². The van der Waals surface area contributed by atoms with Crippen LogP contribution >= 0.6 is 11.3 Å². The highest BCUT2D eigenvalue weighted by atomic mass is 32.1. The third kappa shape index (κ3) is 4.90. The fourth-order valence-corrected chi connectivity index (χ4v) is 3.87. The largest absolute Gasteiger partial charge is 0.378 e. The lowest BCUT2D eigenvalue weighted by atomic mass is 10.2. The molecule has 0 atom stereocenters. The fraction of sp³-hybridized carbons (Fsp3) is 0.300. The van der Waals surface area contributed by atoms with Crippen LogP contribution in [0.25, 0.3) is 10.4 Å². The summed E-state index contributed by atoms with van der Waals surface area (Å²) in [6, 6.07) is 5.81. The highest BCUT2D eigenvalue weighted by Gasteiger charge is 2.13. The van der Waals surface area contributed by atoms with Crippen molar-refractivity contribution in [1.29, 1.82) is 0 Å². The zero-order valence-electron chi connectivity index (χ0n) is 16.4. The van der Waals surface area contributed by atoms with E-state index in [4.69, 9.17) is 10.5 Å². The number of amides is 1. The Balaban J connectivity index is 1.46. The van der Waals surface area contributed by atoms with Crippen molar-refractivity contribution in [1.82, 2.24) is 20.3 Å². The van der Waals surface area contributed by atoms with Gasteiger partial charge in [-0.15, -0.1) is 0 Å². The fourth-order valence-electron chi connectivity index (χ4n) is 3.07. The molecule has 1 saturated heterocycles. The smallest absolute Gasteiger partial charge is 0.252 e. The number of hydrogen-bond acceptors (Lipinski definition) is 9. The number of pyridine rings is 2. The van der Waals surface area contributed by atoms with Crippen LogP contribution in [-0.4, -0.2) is 60.3 Å². The Morgan fingerprint density at radius 2 is 2.07 bits per heavy atom. The zero-order chi connectivity index (χ0) is 20.8. The molecule has 0 bridgehead atoms. The van der Waals surface area contributed by atoms with Crippen LogP contribution in [0.4, 0.5) is 16.6 Å². The maximum Gasteiger partial charge on any atom is 0.252 e. The summed E-state index contributed by atoms with van der Waals surface area (Å²) < 4.78 is 5.42. The van der Waals surface area contributed by atoms with Crippen LogP contribution in [0, 0.1) is 0 Å². The minimum atomic E-state index is -0.193. The summed E-state index contributed by atoms with van der Waals surface area (Å²) in [7, 11) is 0. The second-order valence-corrected chi connectivity index (χ2v) is 7.69. The van der Waals surface area contributed by atoms with Crippen molar-refractivity contribution in [3.8, 4) is 10.4 Å². The average molecular weight is 426 g/mol. The van der Waals surface area contributed by atoms with Crippen LogP contribution < -0.4 is 21.3 Å². The van der Waals surface area contributed by atoms with Crippen molar-refractivity contribution in [3.63, 3.8) is 0 Å². The maximum atomic E-state index is 12.1. The van der Waals surface area contributed by atoms with E-state index in [0.29, 0.717) is 18.7 Å². The number of nitrogens with zero attached hydrogens (tertiary/aromatic N) is 4. The summed E-state index contributed by atoms with van der Waals surface area (Å²) >= 11 is 1.47. The van der Waals surface area contributed by atoms with E-state index in [0.717, 1.165) is 53.4 Å². The first-order valence-electron chi connectivity index (χ1n) is 9.68. The number of morpholine rings is 1. The molecule has 9 nitrogen and oxygen atoms in total. The van der Waals surface area contributed by atoms with E-state index in [1.165, 1.54) is 17.5 Å². The van der Waals surface area contributed by atoms with E-state index >= 15 is 0 Å². The van der Waals surface area contributed by atoms with Gasteiger partial charge in [0.1, 0.15) is 5.82 Å². The highest BCUT2D eigenvalue weighted by Crippen LogP contribution is 2.31. The van der Waals surface area contributed by atoms with E-state index in [1.54, 1.807) is 24.7 Å². The van der Waals surface area contributed by atoms with Crippen molar-refractivity contribution < 1.29 is 9.53 Å². The van der Waals surface area contributed by atoms with E-state index in [1.807, 2.05) is 12.1 Å². The molecule has 0 aromatic carbocycles. The second kappa shape index (κ2) is 9.61. The number of nitrogens with two attached hydrogens (primary N) is 1. The molecule has 0 radical (unpaired) electrons. The van der Waals surface area contributed by atoms with Crippen molar-refractivity contribution in [2.24, 2.45) is 5.73 Å². The third-order valence-corrected chi connectivity index (χ3v) is 5.54. The summed E-state index contributed by atoms with van der Waals surface area (Å²) in [5, 5.41) is 6.73. The van der Waals surface area contributed by atoms with Crippen LogP contribution in [0.5, 0.6) is 0 Å². The predicted octanol–water partition coefficient (Wildman–Crippen LogP) is 1.87. The van der Waals surface area contributed by atoms with Gasteiger partial charge in [-0.1, -0.05) is 11.3 Å². The topological polar surface area (TPSA) is 118 Å². The van der Waals surface area contributed by atoms with Crippen molar-refractivity contribution in [2.75, 3.05) is 49.6 Å². The molecular weight excluding hydrogens is 402 g/mol. The van der Waals surface area contributed by atoms with Gasteiger partial charge in [0, 0.05) is 68.3 Å². The van der Waals surface area contributed by atoms with Crippen LogP contribution in [0.3, 0.4) is 0 Å². The molecule has 0 saturated carbocycles. The molecule has 1 fully saturated rings. The number of ether oxygens (including phenoxy) is 1. The monoisotopic (exact) mass is 425 g/mol. The van der Waals surface area contributed by atoms with Crippen molar-refractivity contribution in [3.05, 3.63) is 48.5 Å². The van der Waals surface area contributed by atoms with Gasteiger partial charge >= 0.3 is 0 Å². The molecule has 4 N–H and O–H groups in total. The number of hydrogen-bond donors (Lipinski definition) is 3. The Hall–Kier alpha value is -3.08. The first-order chi connectivity index (χ1) is 14.7. The molecule has 0 aliphatic carbocycles. The molecule has 1 amide bonds. The Kier molecular flexibility index (Phi) is 6.47. The van der Waals surface area contributed by atoms with Crippen molar-refractivity contribution in [2.45, 2.75) is 0 Å². The molecule has 3 aromatic heterocycles. The molecular formula is C20H23N7O2S. The Morgan fingerprint density at radius 1 is 1.20 bits per heavy atom. The minimum Gasteiger partial charge on any atom is -0.378 e. The second-order valence-electron chi connectivity index (χ2n) is 6.66. The number of carbonyl (C=O) groups is 1. The van der Waals surface area contributed by atoms with Gasteiger partial charge in [0.2, 0.25) is 0 Å². The highest BCUT2D eigenvalue weighted by molar-refractivity contribution is 7.18. The zero-order valence-corrected chi connectivity index (χ0v) is 17.2. The van der Waals surface area contributed by atoms with Gasteiger partial charge in [0.05, 0.1) is 23.7 Å². The van der Waals surface area contributed by atoms with Gasteiger partial charge in [-0.05, 0) is 12.1 Å². The van der Waals surface area contributed by atoms with Crippen LogP contribution in [0.1, 0.15) is 10.4 Å². The van der Waals surface area contributed by atoms with Gasteiger partial charge in [-0.25, -0.2) is 9.97 Å². The number of carbonyl (C=O) groups excluding carboxylic acids is 1. The van der Waals surface area contributed by atoms with Gasteiger partial charge in [-0.3, -0.25) is 9.78 Å². The normalized spacial score (nSPS) is 13.8. The summed E-state index contributed by atoms with van der Waals surface area (Å²) in [6.45, 7) is 4.02. The number of anilines is 3. The molecule has 1 aliphatic rings. The summed E-state index contributed by atoms with van der Waals surface area (Å²) in [5.41, 5.74) is 7.86. The Morgan fingerprint density at radius 3 is 2.90 bits per heavy atom. The molecule has 3 aromatic rings. The number of aromatic nitrogens is 3. The summed E-state index contributed by atoms with van der Waals surface area (Å²) in [6.07, 6.45) is 6.80. The van der Waals surface area contributed by atoms with Gasteiger partial charge in [-0.2, -0.15) is 0 Å². The molecule has 30 heavy (non-hydrogen) atoms. The van der Waals surface area contributed by atoms with E-state index in [-0.39, 0.29) is 5.91 Å². The van der Waals surface area contributed by atoms with Crippen LogP contribution in [0.2, 0.25) is 0 Å². The Bertz CT molecular complexity index is 1000. The average Bonchev–Trinajstić information content (AvgIpc) is 3.27. The van der Waals surface area contributed by atoms with Crippen LogP contribution in [0.15, 0.2) is 43.0 Å². The van der Waals surface area contributed by atoms with Gasteiger partial charge < -0.3 is 26.0 Å². The number of thiazole rings is 1. The van der Waals surface area contributed by atoms with Crippen molar-refractivity contribution >= 4 is 33.9 Å². The first-order valence-corrected chi connectivity index (χ1v) is 10.5. The van der Waals surface area contributed by atoms with Crippen LogP contribution in [-0.2, 0) is 4.74 Å². The molecule has 4 heterocycles. The minimum absolute atomic E-state index is 0.193. The van der Waals surface area contributed by atoms with Gasteiger partial charge in [0.25, 0.3) is 5.91 Å². The molecule has 10 heteroatoms. The summed E-state index contributed by atoms with van der Waals surface area (Å²) in [4.78, 5) is 28.4. The lowest BCUT2D eigenvalue weighted by molar-refractivity contribution is 0.0954. The molecule has 1 aliphatic heterocycles. The Labute approximate surface area is 178 Å². The predicted molar refractivity (Wildman–Crippen MR) is 117 cm³/mol. The maximum absolute atomic E-state index is 12.1.